The maximum atomic E-state index is 12.9. The molecule has 4 nitrogen and oxygen atoms in total. The fourth-order valence-electron chi connectivity index (χ4n) is 5.13. The lowest BCUT2D eigenvalue weighted by Gasteiger charge is -2.32. The van der Waals surface area contributed by atoms with Crippen molar-refractivity contribution in [2.24, 2.45) is 0 Å². The summed E-state index contributed by atoms with van der Waals surface area (Å²) in [4.78, 5) is 22.6. The summed E-state index contributed by atoms with van der Waals surface area (Å²) in [7, 11) is 2.17. The summed E-state index contributed by atoms with van der Waals surface area (Å²) in [6.45, 7) is 5.38. The summed E-state index contributed by atoms with van der Waals surface area (Å²) in [5, 5.41) is 2.95. The molecule has 4 aromatic rings. The molecule has 0 atom stereocenters. The molecule has 2 heterocycles. The monoisotopic (exact) mass is 479 g/mol. The van der Waals surface area contributed by atoms with E-state index < -0.39 is 0 Å². The van der Waals surface area contributed by atoms with Crippen LogP contribution in [0.15, 0.2) is 72.1 Å². The van der Waals surface area contributed by atoms with Crippen LogP contribution in [-0.4, -0.2) is 53.8 Å². The molecule has 0 N–H and O–H groups in total. The third-order valence-corrected chi connectivity index (χ3v) is 8.08. The van der Waals surface area contributed by atoms with E-state index >= 15 is 0 Å². The molecule has 1 aliphatic heterocycles. The first-order chi connectivity index (χ1) is 17.1. The Morgan fingerprint density at radius 1 is 0.914 bits per heavy atom. The minimum absolute atomic E-state index is 0.126. The van der Waals surface area contributed by atoms with Crippen LogP contribution in [0.4, 0.5) is 0 Å². The Balaban J connectivity index is 1.10. The first kappa shape index (κ1) is 22.4. The molecule has 5 heteroatoms. The van der Waals surface area contributed by atoms with Crippen molar-refractivity contribution < 1.29 is 4.79 Å². The fraction of sp³-hybridized carbons (Fsp3) is 0.267. The van der Waals surface area contributed by atoms with Gasteiger partial charge in [0, 0.05) is 49.2 Å². The smallest absolute Gasteiger partial charge is 0.169 e. The third kappa shape index (κ3) is 4.72. The summed E-state index contributed by atoms with van der Waals surface area (Å²) in [6, 6.07) is 23.4. The number of piperazine rings is 1. The molecule has 1 saturated heterocycles. The number of aromatic nitrogens is 1. The van der Waals surface area contributed by atoms with E-state index in [1.54, 1.807) is 11.3 Å². The molecule has 176 valence electrons. The van der Waals surface area contributed by atoms with Gasteiger partial charge in [-0.05, 0) is 47.4 Å². The molecule has 2 aliphatic rings. The van der Waals surface area contributed by atoms with Gasteiger partial charge in [0.25, 0.3) is 0 Å². The Morgan fingerprint density at radius 3 is 2.51 bits per heavy atom. The molecule has 3 aromatic carbocycles. The number of hydrogen-bond donors (Lipinski definition) is 0. The molecular formula is C30H29N3OS. The number of ketones is 1. The van der Waals surface area contributed by atoms with Crippen LogP contribution in [0, 0.1) is 0 Å². The van der Waals surface area contributed by atoms with Crippen molar-refractivity contribution in [3.05, 3.63) is 99.4 Å². The van der Waals surface area contributed by atoms with Crippen LogP contribution in [0.3, 0.4) is 0 Å². The average Bonchev–Trinajstić information content (AvgIpc) is 3.50. The lowest BCUT2D eigenvalue weighted by atomic mass is 10.0. The quantitative estimate of drug-likeness (QED) is 0.299. The Labute approximate surface area is 210 Å². The van der Waals surface area contributed by atoms with Gasteiger partial charge < -0.3 is 4.90 Å². The Hall–Kier alpha value is -3.12. The molecule has 0 radical (unpaired) electrons. The summed E-state index contributed by atoms with van der Waals surface area (Å²) in [5.74, 6) is 0.126. The van der Waals surface area contributed by atoms with Gasteiger partial charge in [0.15, 0.2) is 5.78 Å². The molecule has 35 heavy (non-hydrogen) atoms. The van der Waals surface area contributed by atoms with E-state index in [1.807, 2.05) is 12.1 Å². The number of hydrogen-bond acceptors (Lipinski definition) is 5. The second kappa shape index (κ2) is 9.50. The van der Waals surface area contributed by atoms with Crippen LogP contribution in [0.1, 0.15) is 32.1 Å². The van der Waals surface area contributed by atoms with Gasteiger partial charge in [-0.1, -0.05) is 60.7 Å². The lowest BCUT2D eigenvalue weighted by molar-refractivity contribution is 0.0993. The Morgan fingerprint density at radius 2 is 1.69 bits per heavy atom. The number of fused-ring (bicyclic) bond motifs is 3. The zero-order valence-corrected chi connectivity index (χ0v) is 20.9. The standard InChI is InChI=1S/C30H29N3OS/c1-32-12-14-33(15-13-32)19-21-6-8-22(9-7-21)29(34)18-30-31-28(20-35-30)24-10-11-27-25(17-24)16-23-4-2-3-5-26(23)27/h2-11,17,20H,12-16,18-19H2,1H3. The number of carbonyl (C=O) groups is 1. The van der Waals surface area contributed by atoms with Crippen molar-refractivity contribution in [1.29, 1.82) is 0 Å². The largest absolute Gasteiger partial charge is 0.304 e. The number of rotatable bonds is 6. The number of Topliss-reactive ketones (excluding diaryl/α,β-unsaturated/α-hetero) is 1. The Bertz CT molecular complexity index is 1370. The lowest BCUT2D eigenvalue weighted by Crippen LogP contribution is -2.43. The van der Waals surface area contributed by atoms with Crippen LogP contribution in [0.5, 0.6) is 0 Å². The van der Waals surface area contributed by atoms with Crippen molar-refractivity contribution in [3.8, 4) is 22.4 Å². The number of likely N-dealkylation sites (N-methyl/N-ethyl adjacent to an activating group) is 1. The molecule has 1 aromatic heterocycles. The van der Waals surface area contributed by atoms with E-state index in [0.717, 1.165) is 61.0 Å². The van der Waals surface area contributed by atoms with Crippen LogP contribution in [0.25, 0.3) is 22.4 Å². The third-order valence-electron chi connectivity index (χ3n) is 7.23. The van der Waals surface area contributed by atoms with Gasteiger partial charge in [-0.3, -0.25) is 9.69 Å². The van der Waals surface area contributed by atoms with Crippen molar-refractivity contribution in [1.82, 2.24) is 14.8 Å². The van der Waals surface area contributed by atoms with Gasteiger partial charge in [0.2, 0.25) is 0 Å². The number of carbonyl (C=O) groups excluding carboxylic acids is 1. The maximum Gasteiger partial charge on any atom is 0.169 e. The minimum atomic E-state index is 0.126. The van der Waals surface area contributed by atoms with E-state index in [9.17, 15) is 4.79 Å². The van der Waals surface area contributed by atoms with Crippen molar-refractivity contribution in [2.45, 2.75) is 19.4 Å². The molecule has 0 bridgehead atoms. The van der Waals surface area contributed by atoms with Gasteiger partial charge in [-0.15, -0.1) is 11.3 Å². The molecule has 0 amide bonds. The average molecular weight is 480 g/mol. The molecule has 1 fully saturated rings. The first-order valence-corrected chi connectivity index (χ1v) is 13.2. The van der Waals surface area contributed by atoms with E-state index in [1.165, 1.54) is 27.8 Å². The first-order valence-electron chi connectivity index (χ1n) is 12.3. The molecule has 6 rings (SSSR count). The Kier molecular flexibility index (Phi) is 6.06. The highest BCUT2D eigenvalue weighted by Gasteiger charge is 2.19. The van der Waals surface area contributed by atoms with E-state index in [4.69, 9.17) is 4.98 Å². The normalized spacial score (nSPS) is 15.7. The topological polar surface area (TPSA) is 36.4 Å². The second-order valence-corrected chi connectivity index (χ2v) is 10.7. The van der Waals surface area contributed by atoms with Crippen molar-refractivity contribution in [3.63, 3.8) is 0 Å². The van der Waals surface area contributed by atoms with Crippen molar-refractivity contribution >= 4 is 17.1 Å². The van der Waals surface area contributed by atoms with Gasteiger partial charge in [0.1, 0.15) is 5.01 Å². The molecular weight excluding hydrogens is 450 g/mol. The minimum Gasteiger partial charge on any atom is -0.304 e. The molecule has 0 saturated carbocycles. The van der Waals surface area contributed by atoms with Gasteiger partial charge >= 0.3 is 0 Å². The highest BCUT2D eigenvalue weighted by Crippen LogP contribution is 2.38. The summed E-state index contributed by atoms with van der Waals surface area (Å²) in [5.41, 5.74) is 9.52. The summed E-state index contributed by atoms with van der Waals surface area (Å²) in [6.07, 6.45) is 1.32. The van der Waals surface area contributed by atoms with Crippen LogP contribution >= 0.6 is 11.3 Å². The van der Waals surface area contributed by atoms with Crippen LogP contribution < -0.4 is 0 Å². The predicted molar refractivity (Wildman–Crippen MR) is 143 cm³/mol. The van der Waals surface area contributed by atoms with Gasteiger partial charge in [0.05, 0.1) is 12.1 Å². The zero-order chi connectivity index (χ0) is 23.8. The van der Waals surface area contributed by atoms with Crippen LogP contribution in [-0.2, 0) is 19.4 Å². The summed E-state index contributed by atoms with van der Waals surface area (Å²) < 4.78 is 0. The van der Waals surface area contributed by atoms with E-state index in [-0.39, 0.29) is 5.78 Å². The van der Waals surface area contributed by atoms with Gasteiger partial charge in [-0.25, -0.2) is 4.98 Å². The molecule has 1 aliphatic carbocycles. The zero-order valence-electron chi connectivity index (χ0n) is 20.0. The van der Waals surface area contributed by atoms with Gasteiger partial charge in [-0.2, -0.15) is 0 Å². The molecule has 0 spiro atoms. The number of thiazole rings is 1. The predicted octanol–water partition coefficient (Wildman–Crippen LogP) is 5.55. The maximum absolute atomic E-state index is 12.9. The fourth-order valence-corrected chi connectivity index (χ4v) is 5.93. The van der Waals surface area contributed by atoms with E-state index in [0.29, 0.717) is 6.42 Å². The van der Waals surface area contributed by atoms with Crippen LogP contribution in [0.2, 0.25) is 0 Å². The number of benzene rings is 3. The summed E-state index contributed by atoms with van der Waals surface area (Å²) >= 11 is 1.57. The molecule has 0 unspecified atom stereocenters. The highest BCUT2D eigenvalue weighted by molar-refractivity contribution is 7.10. The highest BCUT2D eigenvalue weighted by atomic mass is 32.1. The van der Waals surface area contributed by atoms with Crippen molar-refractivity contribution in [2.75, 3.05) is 33.2 Å². The SMILES string of the molecule is CN1CCN(Cc2ccc(C(=O)Cc3nc(-c4ccc5c(c4)Cc4ccccc4-5)cs3)cc2)CC1. The van der Waals surface area contributed by atoms with E-state index in [2.05, 4.69) is 76.8 Å². The second-order valence-electron chi connectivity index (χ2n) is 9.71. The number of nitrogens with zero attached hydrogens (tertiary/aromatic N) is 3.